The van der Waals surface area contributed by atoms with Crippen molar-refractivity contribution in [1.29, 1.82) is 0 Å². The van der Waals surface area contributed by atoms with Crippen molar-refractivity contribution in [2.75, 3.05) is 6.61 Å². The highest BCUT2D eigenvalue weighted by Gasteiger charge is 2.25. The Kier molecular flexibility index (Phi) is 4.04. The van der Waals surface area contributed by atoms with Crippen molar-refractivity contribution in [3.8, 4) is 5.75 Å². The maximum atomic E-state index is 12.4. The standard InChI is InChI=1S/C11H13BF3O/c1-9(2)6-7-16-11-5-3-4-10(8-11)12(13,14)15/h3-5,8H,1,6-7H2,2H3/q-1. The van der Waals surface area contributed by atoms with Gasteiger partial charge in [-0.1, -0.05) is 17.7 Å². The zero-order chi connectivity index (χ0) is 12.2. The molecule has 0 saturated heterocycles. The largest absolute Gasteiger partial charge is 0.509 e. The smallest absolute Gasteiger partial charge is 0.493 e. The van der Waals surface area contributed by atoms with E-state index in [2.05, 4.69) is 6.58 Å². The first-order chi connectivity index (χ1) is 7.39. The highest BCUT2D eigenvalue weighted by atomic mass is 19.4. The van der Waals surface area contributed by atoms with E-state index in [0.29, 0.717) is 13.0 Å². The van der Waals surface area contributed by atoms with Gasteiger partial charge in [0, 0.05) is 6.42 Å². The summed E-state index contributed by atoms with van der Waals surface area (Å²) >= 11 is 0. The second-order valence-corrected chi connectivity index (χ2v) is 3.70. The SMILES string of the molecule is C=C(C)CCOc1cccc([B-](F)(F)F)c1. The summed E-state index contributed by atoms with van der Waals surface area (Å²) < 4.78 is 42.4. The van der Waals surface area contributed by atoms with Crippen LogP contribution in [0.3, 0.4) is 0 Å². The van der Waals surface area contributed by atoms with Crippen LogP contribution in [0.25, 0.3) is 0 Å². The van der Waals surface area contributed by atoms with Gasteiger partial charge in [-0.25, -0.2) is 0 Å². The number of hydrogen-bond acceptors (Lipinski definition) is 1. The molecule has 0 aliphatic heterocycles. The van der Waals surface area contributed by atoms with Crippen LogP contribution in [-0.2, 0) is 0 Å². The van der Waals surface area contributed by atoms with Crippen LogP contribution in [0.5, 0.6) is 5.75 Å². The van der Waals surface area contributed by atoms with E-state index in [1.54, 1.807) is 0 Å². The van der Waals surface area contributed by atoms with Gasteiger partial charge in [-0.3, -0.25) is 0 Å². The lowest BCUT2D eigenvalue weighted by Crippen LogP contribution is -2.33. The summed E-state index contributed by atoms with van der Waals surface area (Å²) in [5, 5.41) is 0. The zero-order valence-corrected chi connectivity index (χ0v) is 9.05. The van der Waals surface area contributed by atoms with Crippen molar-refractivity contribution < 1.29 is 17.7 Å². The van der Waals surface area contributed by atoms with Crippen LogP contribution >= 0.6 is 0 Å². The molecule has 0 saturated carbocycles. The maximum absolute atomic E-state index is 12.4. The second-order valence-electron chi connectivity index (χ2n) is 3.70. The average Bonchev–Trinajstić information content (AvgIpc) is 2.16. The van der Waals surface area contributed by atoms with E-state index in [1.165, 1.54) is 12.1 Å². The molecule has 0 N–H and O–H groups in total. The van der Waals surface area contributed by atoms with E-state index < -0.39 is 12.4 Å². The Morgan fingerprint density at radius 3 is 2.62 bits per heavy atom. The summed E-state index contributed by atoms with van der Waals surface area (Å²) in [7, 11) is 0. The molecule has 0 heterocycles. The summed E-state index contributed by atoms with van der Waals surface area (Å²) in [6.07, 6.45) is 0.640. The van der Waals surface area contributed by atoms with Crippen LogP contribution in [-0.4, -0.2) is 13.6 Å². The fraction of sp³-hybridized carbons (Fsp3) is 0.273. The fourth-order valence-electron chi connectivity index (χ4n) is 1.15. The van der Waals surface area contributed by atoms with Gasteiger partial charge in [-0.15, -0.1) is 12.0 Å². The van der Waals surface area contributed by atoms with Gasteiger partial charge in [0.2, 0.25) is 0 Å². The average molecular weight is 229 g/mol. The Hall–Kier alpha value is -1.39. The van der Waals surface area contributed by atoms with Gasteiger partial charge in [0.05, 0.1) is 6.61 Å². The molecule has 1 rings (SSSR count). The number of rotatable bonds is 5. The van der Waals surface area contributed by atoms with Gasteiger partial charge < -0.3 is 17.7 Å². The Balaban J connectivity index is 2.64. The third kappa shape index (κ3) is 4.00. The topological polar surface area (TPSA) is 9.23 Å². The van der Waals surface area contributed by atoms with Gasteiger partial charge >= 0.3 is 6.98 Å². The summed E-state index contributed by atoms with van der Waals surface area (Å²) in [4.78, 5) is 0. The molecule has 0 aromatic heterocycles. The van der Waals surface area contributed by atoms with Crippen LogP contribution in [0.4, 0.5) is 12.9 Å². The molecule has 0 spiro atoms. The third-order valence-electron chi connectivity index (χ3n) is 2.03. The fourth-order valence-corrected chi connectivity index (χ4v) is 1.15. The molecule has 88 valence electrons. The first-order valence-electron chi connectivity index (χ1n) is 4.96. The van der Waals surface area contributed by atoms with Crippen LogP contribution in [0.15, 0.2) is 36.4 Å². The van der Waals surface area contributed by atoms with E-state index in [4.69, 9.17) is 4.74 Å². The predicted molar refractivity (Wildman–Crippen MR) is 60.1 cm³/mol. The number of hydrogen-bond donors (Lipinski definition) is 0. The van der Waals surface area contributed by atoms with Crippen LogP contribution in [0, 0.1) is 0 Å². The molecule has 0 atom stereocenters. The van der Waals surface area contributed by atoms with Crippen LogP contribution in [0.2, 0.25) is 0 Å². The van der Waals surface area contributed by atoms with Gasteiger partial charge in [-0.2, -0.15) is 0 Å². The molecule has 1 aromatic carbocycles. The monoisotopic (exact) mass is 229 g/mol. The van der Waals surface area contributed by atoms with Gasteiger partial charge in [0.25, 0.3) is 0 Å². The molecule has 0 aliphatic rings. The summed E-state index contributed by atoms with van der Waals surface area (Å²) in [5.74, 6) is 0.248. The minimum Gasteiger partial charge on any atom is -0.493 e. The van der Waals surface area contributed by atoms with Crippen molar-refractivity contribution in [1.82, 2.24) is 0 Å². The third-order valence-corrected chi connectivity index (χ3v) is 2.03. The normalized spacial score (nSPS) is 11.2. The summed E-state index contributed by atoms with van der Waals surface area (Å²) in [6.45, 7) is 0.928. The number of ether oxygens (including phenoxy) is 1. The molecule has 0 bridgehead atoms. The van der Waals surface area contributed by atoms with E-state index in [9.17, 15) is 12.9 Å². The van der Waals surface area contributed by atoms with Crippen molar-refractivity contribution in [3.05, 3.63) is 36.4 Å². The molecule has 1 aromatic rings. The molecule has 0 fully saturated rings. The summed E-state index contributed by atoms with van der Waals surface area (Å²) in [5.41, 5.74) is 0.309. The maximum Gasteiger partial charge on any atom is 0.509 e. The lowest BCUT2D eigenvalue weighted by atomic mass is 9.80. The Morgan fingerprint density at radius 1 is 1.38 bits per heavy atom. The quantitative estimate of drug-likeness (QED) is 0.556. The molecular weight excluding hydrogens is 216 g/mol. The number of halogens is 3. The van der Waals surface area contributed by atoms with Gasteiger partial charge in [-0.05, 0) is 19.1 Å². The molecule has 5 heteroatoms. The molecule has 0 unspecified atom stereocenters. The van der Waals surface area contributed by atoms with Crippen molar-refractivity contribution in [3.63, 3.8) is 0 Å². The molecule has 0 amide bonds. The van der Waals surface area contributed by atoms with E-state index in [1.807, 2.05) is 6.92 Å². The molecule has 1 nitrogen and oxygen atoms in total. The van der Waals surface area contributed by atoms with E-state index >= 15 is 0 Å². The first kappa shape index (κ1) is 12.7. The molecule has 16 heavy (non-hydrogen) atoms. The van der Waals surface area contributed by atoms with Gasteiger partial charge in [0.15, 0.2) is 0 Å². The minimum atomic E-state index is -4.95. The first-order valence-corrected chi connectivity index (χ1v) is 4.96. The van der Waals surface area contributed by atoms with Crippen LogP contribution < -0.4 is 10.2 Å². The second kappa shape index (κ2) is 5.10. The molecule has 0 radical (unpaired) electrons. The lowest BCUT2D eigenvalue weighted by molar-refractivity contribution is 0.322. The highest BCUT2D eigenvalue weighted by Crippen LogP contribution is 2.14. The van der Waals surface area contributed by atoms with Crippen LogP contribution in [0.1, 0.15) is 13.3 Å². The Morgan fingerprint density at radius 2 is 2.06 bits per heavy atom. The minimum absolute atomic E-state index is 0.248. The number of benzene rings is 1. The lowest BCUT2D eigenvalue weighted by Gasteiger charge is -2.16. The zero-order valence-electron chi connectivity index (χ0n) is 9.05. The Labute approximate surface area is 93.0 Å². The van der Waals surface area contributed by atoms with Crippen molar-refractivity contribution >= 4 is 12.4 Å². The van der Waals surface area contributed by atoms with E-state index in [0.717, 1.165) is 17.7 Å². The summed E-state index contributed by atoms with van der Waals surface area (Å²) in [6, 6.07) is 4.94. The molecular formula is C11H13BF3O-. The predicted octanol–water partition coefficient (Wildman–Crippen LogP) is 3.09. The Bertz CT molecular complexity index is 374. The molecule has 0 aliphatic carbocycles. The van der Waals surface area contributed by atoms with Crippen molar-refractivity contribution in [2.45, 2.75) is 13.3 Å². The van der Waals surface area contributed by atoms with Crippen molar-refractivity contribution in [2.24, 2.45) is 0 Å². The van der Waals surface area contributed by atoms with E-state index in [-0.39, 0.29) is 5.75 Å². The van der Waals surface area contributed by atoms with Gasteiger partial charge in [0.1, 0.15) is 5.75 Å². The highest BCUT2D eigenvalue weighted by molar-refractivity contribution is 6.73.